The lowest BCUT2D eigenvalue weighted by Crippen LogP contribution is -2.45. The molecule has 2 unspecified atom stereocenters. The highest BCUT2D eigenvalue weighted by Crippen LogP contribution is 2.11. The zero-order valence-corrected chi connectivity index (χ0v) is 36.3. The predicted octanol–water partition coefficient (Wildman–Crippen LogP) is 14.5. The van der Waals surface area contributed by atoms with E-state index >= 15 is 0 Å². The van der Waals surface area contributed by atoms with E-state index in [-0.39, 0.29) is 12.5 Å². The summed E-state index contributed by atoms with van der Waals surface area (Å²) in [6.45, 7) is 4.02. The Balaban J connectivity index is 3.64. The summed E-state index contributed by atoms with van der Waals surface area (Å²) in [5, 5.41) is 22.5. The molecule has 0 rings (SSSR count). The number of rotatable bonds is 38. The monoisotopic (exact) mass is 782 g/mol. The zero-order valence-electron chi connectivity index (χ0n) is 36.3. The first kappa shape index (κ1) is 53.3. The third-order valence-electron chi connectivity index (χ3n) is 9.08. The summed E-state index contributed by atoms with van der Waals surface area (Å²) in [5.74, 6) is -0.0932. The van der Waals surface area contributed by atoms with Crippen LogP contribution in [-0.2, 0) is 4.79 Å². The Hall–Kier alpha value is -3.73. The first-order valence-corrected chi connectivity index (χ1v) is 22.5. The summed E-state index contributed by atoms with van der Waals surface area (Å²) in [7, 11) is 0. The van der Waals surface area contributed by atoms with Crippen LogP contribution in [0.2, 0.25) is 0 Å². The van der Waals surface area contributed by atoms with Crippen molar-refractivity contribution in [3.63, 3.8) is 0 Å². The van der Waals surface area contributed by atoms with Crippen molar-refractivity contribution in [3.8, 4) is 0 Å². The fourth-order valence-electron chi connectivity index (χ4n) is 5.64. The fourth-order valence-corrected chi connectivity index (χ4v) is 5.64. The summed E-state index contributed by atoms with van der Waals surface area (Å²) >= 11 is 0. The summed E-state index contributed by atoms with van der Waals surface area (Å²) in [4.78, 5) is 12.2. The molecule has 0 aromatic heterocycles. The van der Waals surface area contributed by atoms with Crippen LogP contribution >= 0.6 is 0 Å². The van der Waals surface area contributed by atoms with Gasteiger partial charge in [0.15, 0.2) is 0 Å². The number of aliphatic hydroxyl groups excluding tert-OH is 2. The molecule has 57 heavy (non-hydrogen) atoms. The summed E-state index contributed by atoms with van der Waals surface area (Å²) < 4.78 is 0. The molecule has 0 aromatic rings. The molecule has 2 atom stereocenters. The molecule has 3 N–H and O–H groups in total. The minimum atomic E-state index is -0.849. The van der Waals surface area contributed by atoms with Crippen molar-refractivity contribution in [1.29, 1.82) is 0 Å². The van der Waals surface area contributed by atoms with Crippen molar-refractivity contribution < 1.29 is 15.0 Å². The predicted molar refractivity (Wildman–Crippen MR) is 252 cm³/mol. The van der Waals surface area contributed by atoms with Crippen molar-refractivity contribution in [2.24, 2.45) is 0 Å². The molecule has 0 aliphatic carbocycles. The second-order valence-corrected chi connectivity index (χ2v) is 14.4. The highest BCUT2D eigenvalue weighted by atomic mass is 16.3. The molecule has 1 amide bonds. The number of carbonyl (C=O) groups is 1. The van der Waals surface area contributed by atoms with Crippen LogP contribution in [0.25, 0.3) is 0 Å². The Kier molecular flexibility index (Phi) is 43.6. The Morgan fingerprint density at radius 1 is 0.439 bits per heavy atom. The summed E-state index contributed by atoms with van der Waals surface area (Å²) in [5.41, 5.74) is 0. The van der Waals surface area contributed by atoms with Gasteiger partial charge in [-0.2, -0.15) is 0 Å². The van der Waals surface area contributed by atoms with E-state index in [0.29, 0.717) is 6.42 Å². The Labute approximate surface area is 351 Å². The normalized spacial score (nSPS) is 14.4. The molecule has 0 aromatic carbocycles. The van der Waals surface area contributed by atoms with Crippen molar-refractivity contribution >= 4 is 5.91 Å². The first-order chi connectivity index (χ1) is 28.2. The number of amides is 1. The van der Waals surface area contributed by atoms with Gasteiger partial charge in [0.2, 0.25) is 5.91 Å². The highest BCUT2D eigenvalue weighted by Gasteiger charge is 2.17. The van der Waals surface area contributed by atoms with Gasteiger partial charge in [0.1, 0.15) is 0 Å². The maximum atomic E-state index is 12.2. The van der Waals surface area contributed by atoms with Crippen LogP contribution in [-0.4, -0.2) is 34.9 Å². The molecule has 0 radical (unpaired) electrons. The molecule has 0 saturated heterocycles. The smallest absolute Gasteiger partial charge is 0.220 e. The van der Waals surface area contributed by atoms with Crippen LogP contribution < -0.4 is 5.32 Å². The highest BCUT2D eigenvalue weighted by molar-refractivity contribution is 5.76. The number of unbranched alkanes of at least 4 members (excludes halogenated alkanes) is 9. The molecule has 0 saturated carbocycles. The maximum Gasteiger partial charge on any atom is 0.220 e. The van der Waals surface area contributed by atoms with Gasteiger partial charge in [-0.05, 0) is 96.3 Å². The van der Waals surface area contributed by atoms with Crippen molar-refractivity contribution in [2.75, 3.05) is 6.61 Å². The van der Waals surface area contributed by atoms with E-state index in [0.717, 1.165) is 116 Å². The standard InChI is InChI=1S/C53H83NO3/c1-3-5-7-9-10-11-12-13-14-15-16-17-18-19-20-21-22-23-24-25-26-27-28-29-30-31-32-33-34-35-36-37-38-39-40-41-42-43-44-45-47-49-53(57)54-51(50-55)52(56)48-46-8-6-4-2/h5,7,10-11,13-14,16-17,19-20,22-23,25-26,28-29,31-32,34-35,37-38,46,48,51-52,55-56H,3-4,6,8-9,12,15,18,21,24,27,30,33,36,39-45,47,49-50H2,1-2H3,(H,54,57)/b7-5-,11-10-,14-13-,17-16-,20-19-,23-22-,26-25-,29-28-,32-31-,35-34-,38-37-,48-46+. The van der Waals surface area contributed by atoms with Gasteiger partial charge >= 0.3 is 0 Å². The average molecular weight is 782 g/mol. The van der Waals surface area contributed by atoms with E-state index in [2.05, 4.69) is 153 Å². The van der Waals surface area contributed by atoms with Crippen LogP contribution in [0.3, 0.4) is 0 Å². The van der Waals surface area contributed by atoms with Crippen LogP contribution in [0.4, 0.5) is 0 Å². The number of nitrogens with one attached hydrogen (secondary N) is 1. The SMILES string of the molecule is CC/C=C\C/C=C\C/C=C\C/C=C\C/C=C\C/C=C\C/C=C\C/C=C\C/C=C\C/C=C\C/C=C\CCCCCCCCCC(=O)NC(CO)C(O)/C=C/CCCC. The van der Waals surface area contributed by atoms with E-state index < -0.39 is 12.1 Å². The van der Waals surface area contributed by atoms with Gasteiger partial charge in [0.25, 0.3) is 0 Å². The molecule has 0 heterocycles. The molecule has 4 nitrogen and oxygen atoms in total. The Morgan fingerprint density at radius 2 is 0.772 bits per heavy atom. The van der Waals surface area contributed by atoms with Crippen LogP contribution in [0.1, 0.15) is 162 Å². The first-order valence-electron chi connectivity index (χ1n) is 22.5. The fraction of sp³-hybridized carbons (Fsp3) is 0.528. The lowest BCUT2D eigenvalue weighted by molar-refractivity contribution is -0.123. The third kappa shape index (κ3) is 43.2. The van der Waals surface area contributed by atoms with Crippen molar-refractivity contribution in [3.05, 3.63) is 146 Å². The lowest BCUT2D eigenvalue weighted by atomic mass is 10.1. The number of carbonyl (C=O) groups excluding carboxylic acids is 1. The molecule has 0 aliphatic heterocycles. The van der Waals surface area contributed by atoms with E-state index in [1.165, 1.54) is 25.7 Å². The summed E-state index contributed by atoms with van der Waals surface area (Å²) in [6.07, 6.45) is 75.8. The quantitative estimate of drug-likeness (QED) is 0.0432. The van der Waals surface area contributed by atoms with Gasteiger partial charge < -0.3 is 15.5 Å². The van der Waals surface area contributed by atoms with E-state index in [1.54, 1.807) is 6.08 Å². The van der Waals surface area contributed by atoms with Gasteiger partial charge in [-0.3, -0.25) is 4.79 Å². The molecule has 318 valence electrons. The van der Waals surface area contributed by atoms with Crippen molar-refractivity contribution in [2.45, 2.75) is 174 Å². The Morgan fingerprint density at radius 3 is 1.14 bits per heavy atom. The number of allylic oxidation sites excluding steroid dienone is 23. The average Bonchev–Trinajstić information content (AvgIpc) is 3.22. The minimum absolute atomic E-state index is 0.0932. The van der Waals surface area contributed by atoms with Gasteiger partial charge in [0, 0.05) is 6.42 Å². The Bertz CT molecular complexity index is 1250. The molecule has 0 aliphatic rings. The maximum absolute atomic E-state index is 12.2. The second kappa shape index (κ2) is 46.7. The van der Waals surface area contributed by atoms with E-state index in [1.807, 2.05) is 6.08 Å². The van der Waals surface area contributed by atoms with Gasteiger partial charge in [-0.1, -0.05) is 205 Å². The van der Waals surface area contributed by atoms with Crippen LogP contribution in [0.5, 0.6) is 0 Å². The van der Waals surface area contributed by atoms with E-state index in [9.17, 15) is 15.0 Å². The van der Waals surface area contributed by atoms with E-state index in [4.69, 9.17) is 0 Å². The number of hydrogen-bond donors (Lipinski definition) is 3. The number of hydrogen-bond acceptors (Lipinski definition) is 3. The van der Waals surface area contributed by atoms with Crippen LogP contribution in [0.15, 0.2) is 146 Å². The minimum Gasteiger partial charge on any atom is -0.394 e. The third-order valence-corrected chi connectivity index (χ3v) is 9.08. The summed E-state index contributed by atoms with van der Waals surface area (Å²) in [6, 6.07) is -0.633. The van der Waals surface area contributed by atoms with Gasteiger partial charge in [-0.15, -0.1) is 0 Å². The molecular formula is C53H83NO3. The topological polar surface area (TPSA) is 69.6 Å². The van der Waals surface area contributed by atoms with Crippen LogP contribution in [0, 0.1) is 0 Å². The molecular weight excluding hydrogens is 699 g/mol. The molecule has 4 heteroatoms. The number of aliphatic hydroxyl groups is 2. The zero-order chi connectivity index (χ0) is 41.4. The second-order valence-electron chi connectivity index (χ2n) is 14.4. The molecule has 0 spiro atoms. The van der Waals surface area contributed by atoms with Gasteiger partial charge in [0.05, 0.1) is 18.8 Å². The largest absolute Gasteiger partial charge is 0.394 e. The molecule has 0 bridgehead atoms. The van der Waals surface area contributed by atoms with Crippen molar-refractivity contribution in [1.82, 2.24) is 5.32 Å². The molecule has 0 fully saturated rings. The lowest BCUT2D eigenvalue weighted by Gasteiger charge is -2.19. The van der Waals surface area contributed by atoms with Gasteiger partial charge in [-0.25, -0.2) is 0 Å².